The van der Waals surface area contributed by atoms with E-state index in [1.165, 1.54) is 0 Å². The maximum atomic E-state index is 12.0. The third-order valence-corrected chi connectivity index (χ3v) is 2.29. The van der Waals surface area contributed by atoms with Gasteiger partial charge in [-0.3, -0.25) is 0 Å². The Labute approximate surface area is 109 Å². The van der Waals surface area contributed by atoms with Gasteiger partial charge in [-0.1, -0.05) is 12.1 Å². The molecule has 1 aromatic heterocycles. The van der Waals surface area contributed by atoms with Gasteiger partial charge in [-0.15, -0.1) is 0 Å². The summed E-state index contributed by atoms with van der Waals surface area (Å²) in [5, 5.41) is 3.03. The van der Waals surface area contributed by atoms with E-state index in [0.717, 1.165) is 5.56 Å². The molecule has 1 aromatic carbocycles. The molecule has 0 bridgehead atoms. The summed E-state index contributed by atoms with van der Waals surface area (Å²) in [6.45, 7) is -0.103. The lowest BCUT2D eigenvalue weighted by molar-refractivity contribution is 0.0818. The topological polar surface area (TPSA) is 47.0 Å². The first-order valence-electron chi connectivity index (χ1n) is 5.75. The standard InChI is InChI=1S/C13H13F2N3O/c14-12(15)9-19-11-4-1-3-10(7-11)8-18-13-16-5-2-6-17-13/h1-7,12H,8-9H2,(H,16,17,18). The number of alkyl halides is 2. The first-order chi connectivity index (χ1) is 9.24. The van der Waals surface area contributed by atoms with E-state index in [1.54, 1.807) is 36.7 Å². The Morgan fingerprint density at radius 1 is 1.16 bits per heavy atom. The van der Waals surface area contributed by atoms with Crippen LogP contribution < -0.4 is 10.1 Å². The molecular formula is C13H13F2N3O. The lowest BCUT2D eigenvalue weighted by Crippen LogP contribution is -2.07. The van der Waals surface area contributed by atoms with Crippen molar-refractivity contribution in [2.45, 2.75) is 13.0 Å². The Morgan fingerprint density at radius 2 is 1.95 bits per heavy atom. The number of halogens is 2. The minimum absolute atomic E-state index is 0.425. The average molecular weight is 265 g/mol. The van der Waals surface area contributed by atoms with Gasteiger partial charge in [0, 0.05) is 18.9 Å². The first kappa shape index (κ1) is 13.2. The van der Waals surface area contributed by atoms with Crippen LogP contribution in [0.2, 0.25) is 0 Å². The third-order valence-electron chi connectivity index (χ3n) is 2.29. The van der Waals surface area contributed by atoms with E-state index in [9.17, 15) is 8.78 Å². The van der Waals surface area contributed by atoms with Crippen molar-refractivity contribution >= 4 is 5.95 Å². The highest BCUT2D eigenvalue weighted by Crippen LogP contribution is 2.14. The number of hydrogen-bond acceptors (Lipinski definition) is 4. The van der Waals surface area contributed by atoms with Crippen molar-refractivity contribution < 1.29 is 13.5 Å². The molecule has 0 spiro atoms. The summed E-state index contributed by atoms with van der Waals surface area (Å²) in [6.07, 6.45) is 0.800. The van der Waals surface area contributed by atoms with Crippen LogP contribution in [0.15, 0.2) is 42.7 Å². The van der Waals surface area contributed by atoms with Crippen LogP contribution in [0, 0.1) is 0 Å². The normalized spacial score (nSPS) is 10.5. The molecule has 0 atom stereocenters. The zero-order valence-corrected chi connectivity index (χ0v) is 10.1. The van der Waals surface area contributed by atoms with Crippen molar-refractivity contribution in [3.8, 4) is 5.75 Å². The number of benzene rings is 1. The average Bonchev–Trinajstić information content (AvgIpc) is 2.44. The summed E-state index contributed by atoms with van der Waals surface area (Å²) in [7, 11) is 0. The second-order valence-corrected chi connectivity index (χ2v) is 3.78. The zero-order valence-electron chi connectivity index (χ0n) is 10.1. The van der Waals surface area contributed by atoms with Crippen LogP contribution >= 0.6 is 0 Å². The second-order valence-electron chi connectivity index (χ2n) is 3.78. The van der Waals surface area contributed by atoms with Crippen LogP contribution in [-0.4, -0.2) is 23.0 Å². The Kier molecular flexibility index (Phi) is 4.60. The molecule has 4 nitrogen and oxygen atoms in total. The molecule has 2 aromatic rings. The van der Waals surface area contributed by atoms with E-state index < -0.39 is 13.0 Å². The largest absolute Gasteiger partial charge is 0.488 e. The quantitative estimate of drug-likeness (QED) is 0.872. The van der Waals surface area contributed by atoms with Crippen LogP contribution in [0.3, 0.4) is 0 Å². The lowest BCUT2D eigenvalue weighted by atomic mass is 10.2. The highest BCUT2D eigenvalue weighted by Gasteiger charge is 2.04. The van der Waals surface area contributed by atoms with Crippen molar-refractivity contribution in [3.05, 3.63) is 48.3 Å². The van der Waals surface area contributed by atoms with Crippen molar-refractivity contribution in [2.75, 3.05) is 11.9 Å². The molecule has 19 heavy (non-hydrogen) atoms. The van der Waals surface area contributed by atoms with Crippen molar-refractivity contribution in [1.82, 2.24) is 9.97 Å². The molecule has 2 rings (SSSR count). The molecule has 0 aliphatic carbocycles. The summed E-state index contributed by atoms with van der Waals surface area (Å²) < 4.78 is 29.0. The van der Waals surface area contributed by atoms with E-state index in [2.05, 4.69) is 15.3 Å². The van der Waals surface area contributed by atoms with Gasteiger partial charge in [-0.2, -0.15) is 0 Å². The van der Waals surface area contributed by atoms with E-state index >= 15 is 0 Å². The summed E-state index contributed by atoms with van der Waals surface area (Å²) in [5.41, 5.74) is 0.902. The Morgan fingerprint density at radius 3 is 2.68 bits per heavy atom. The zero-order chi connectivity index (χ0) is 13.5. The van der Waals surface area contributed by atoms with Gasteiger partial charge in [0.25, 0.3) is 6.43 Å². The summed E-state index contributed by atoms with van der Waals surface area (Å²) >= 11 is 0. The molecular weight excluding hydrogens is 252 g/mol. The summed E-state index contributed by atoms with van der Waals surface area (Å²) in [5.74, 6) is 0.940. The van der Waals surface area contributed by atoms with Gasteiger partial charge in [0.15, 0.2) is 0 Å². The van der Waals surface area contributed by atoms with E-state index in [-0.39, 0.29) is 0 Å². The fourth-order valence-electron chi connectivity index (χ4n) is 1.48. The van der Waals surface area contributed by atoms with Crippen LogP contribution in [0.4, 0.5) is 14.7 Å². The molecule has 0 fully saturated rings. The smallest absolute Gasteiger partial charge is 0.272 e. The fourth-order valence-corrected chi connectivity index (χ4v) is 1.48. The first-order valence-corrected chi connectivity index (χ1v) is 5.75. The van der Waals surface area contributed by atoms with Gasteiger partial charge in [-0.25, -0.2) is 18.7 Å². The maximum absolute atomic E-state index is 12.0. The number of aromatic nitrogens is 2. The molecule has 0 aliphatic heterocycles. The van der Waals surface area contributed by atoms with Gasteiger partial charge >= 0.3 is 0 Å². The van der Waals surface area contributed by atoms with Gasteiger partial charge in [0.05, 0.1) is 0 Å². The van der Waals surface area contributed by atoms with E-state index in [0.29, 0.717) is 18.2 Å². The van der Waals surface area contributed by atoms with Crippen molar-refractivity contribution in [3.63, 3.8) is 0 Å². The van der Waals surface area contributed by atoms with Crippen molar-refractivity contribution in [1.29, 1.82) is 0 Å². The molecule has 1 heterocycles. The monoisotopic (exact) mass is 265 g/mol. The predicted octanol–water partition coefficient (Wildman–Crippen LogP) is 2.73. The van der Waals surface area contributed by atoms with Crippen LogP contribution in [0.1, 0.15) is 5.56 Å². The SMILES string of the molecule is FC(F)COc1cccc(CNc2ncccn2)c1. The molecule has 0 aliphatic rings. The number of hydrogen-bond donors (Lipinski definition) is 1. The van der Waals surface area contributed by atoms with Gasteiger partial charge in [0.2, 0.25) is 5.95 Å². The minimum atomic E-state index is -2.47. The molecule has 0 amide bonds. The highest BCUT2D eigenvalue weighted by molar-refractivity contribution is 5.32. The second kappa shape index (κ2) is 6.63. The fraction of sp³-hybridized carbons (Fsp3) is 0.231. The van der Waals surface area contributed by atoms with Gasteiger partial charge in [-0.05, 0) is 23.8 Å². The van der Waals surface area contributed by atoms with Crippen LogP contribution in [0.5, 0.6) is 5.75 Å². The van der Waals surface area contributed by atoms with Gasteiger partial charge < -0.3 is 10.1 Å². The number of rotatable bonds is 6. The predicted molar refractivity (Wildman–Crippen MR) is 67.3 cm³/mol. The molecule has 6 heteroatoms. The number of nitrogens with one attached hydrogen (secondary N) is 1. The van der Waals surface area contributed by atoms with E-state index in [1.807, 2.05) is 6.07 Å². The molecule has 1 N–H and O–H groups in total. The maximum Gasteiger partial charge on any atom is 0.272 e. The Balaban J connectivity index is 1.91. The lowest BCUT2D eigenvalue weighted by Gasteiger charge is -2.08. The molecule has 0 radical (unpaired) electrons. The third kappa shape index (κ3) is 4.50. The summed E-state index contributed by atoms with van der Waals surface area (Å²) in [4.78, 5) is 8.05. The van der Waals surface area contributed by atoms with E-state index in [4.69, 9.17) is 4.74 Å². The van der Waals surface area contributed by atoms with Gasteiger partial charge in [0.1, 0.15) is 12.4 Å². The molecule has 0 saturated heterocycles. The highest BCUT2D eigenvalue weighted by atomic mass is 19.3. The number of nitrogens with zero attached hydrogens (tertiary/aromatic N) is 2. The van der Waals surface area contributed by atoms with Crippen molar-refractivity contribution in [2.24, 2.45) is 0 Å². The molecule has 100 valence electrons. The Hall–Kier alpha value is -2.24. The van der Waals surface area contributed by atoms with Crippen LogP contribution in [-0.2, 0) is 6.54 Å². The summed E-state index contributed by atoms with van der Waals surface area (Å²) in [6, 6.07) is 8.70. The number of ether oxygens (including phenoxy) is 1. The van der Waals surface area contributed by atoms with Crippen LogP contribution in [0.25, 0.3) is 0 Å². The molecule has 0 saturated carbocycles. The minimum Gasteiger partial charge on any atom is -0.488 e. The number of anilines is 1. The molecule has 0 unspecified atom stereocenters. The Bertz CT molecular complexity index is 508.